The van der Waals surface area contributed by atoms with Gasteiger partial charge in [-0.3, -0.25) is 0 Å². The molecule has 0 aromatic heterocycles. The highest BCUT2D eigenvalue weighted by atomic mass is 32.2. The SMILES string of the molecule is OCCCSCCNCC(O)c1ccc(F)cc1. The van der Waals surface area contributed by atoms with E-state index in [-0.39, 0.29) is 12.4 Å². The Bertz CT molecular complexity index is 321. The van der Waals surface area contributed by atoms with Crippen LogP contribution in [0.2, 0.25) is 0 Å². The second kappa shape index (κ2) is 9.33. The smallest absolute Gasteiger partial charge is 0.123 e. The quantitative estimate of drug-likeness (QED) is 0.598. The predicted molar refractivity (Wildman–Crippen MR) is 73.3 cm³/mol. The van der Waals surface area contributed by atoms with Crippen molar-refractivity contribution >= 4 is 11.8 Å². The first kappa shape index (κ1) is 15.4. The van der Waals surface area contributed by atoms with Crippen LogP contribution in [0.15, 0.2) is 24.3 Å². The van der Waals surface area contributed by atoms with Gasteiger partial charge in [-0.05, 0) is 29.9 Å². The number of halogens is 1. The highest BCUT2D eigenvalue weighted by Crippen LogP contribution is 2.12. The van der Waals surface area contributed by atoms with Crippen LogP contribution in [0.25, 0.3) is 0 Å². The van der Waals surface area contributed by atoms with Gasteiger partial charge in [0.2, 0.25) is 0 Å². The molecule has 3 N–H and O–H groups in total. The first-order valence-electron chi connectivity index (χ1n) is 6.07. The van der Waals surface area contributed by atoms with E-state index in [0.29, 0.717) is 6.54 Å². The number of nitrogens with one attached hydrogen (secondary N) is 1. The molecule has 0 amide bonds. The minimum Gasteiger partial charge on any atom is -0.396 e. The zero-order chi connectivity index (χ0) is 13.2. The lowest BCUT2D eigenvalue weighted by Crippen LogP contribution is -2.23. The Hall–Kier alpha value is -0.620. The van der Waals surface area contributed by atoms with E-state index in [0.717, 1.165) is 30.0 Å². The average Bonchev–Trinajstić information content (AvgIpc) is 2.38. The molecule has 18 heavy (non-hydrogen) atoms. The van der Waals surface area contributed by atoms with Crippen molar-refractivity contribution in [3.8, 4) is 0 Å². The molecule has 1 rings (SSSR count). The third-order valence-electron chi connectivity index (χ3n) is 2.46. The lowest BCUT2D eigenvalue weighted by atomic mass is 10.1. The summed E-state index contributed by atoms with van der Waals surface area (Å²) in [6.07, 6.45) is 0.219. The van der Waals surface area contributed by atoms with E-state index in [4.69, 9.17) is 5.11 Å². The largest absolute Gasteiger partial charge is 0.396 e. The second-order valence-electron chi connectivity index (χ2n) is 3.96. The molecule has 1 aromatic rings. The number of hydrogen-bond acceptors (Lipinski definition) is 4. The third-order valence-corrected chi connectivity index (χ3v) is 3.53. The van der Waals surface area contributed by atoms with Crippen LogP contribution >= 0.6 is 11.8 Å². The first-order chi connectivity index (χ1) is 8.74. The van der Waals surface area contributed by atoms with E-state index in [1.165, 1.54) is 12.1 Å². The van der Waals surface area contributed by atoms with Crippen LogP contribution in [0, 0.1) is 5.82 Å². The number of aliphatic hydroxyl groups is 2. The monoisotopic (exact) mass is 273 g/mol. The summed E-state index contributed by atoms with van der Waals surface area (Å²) in [6, 6.07) is 5.89. The lowest BCUT2D eigenvalue weighted by Gasteiger charge is -2.12. The van der Waals surface area contributed by atoms with Gasteiger partial charge in [0.1, 0.15) is 5.82 Å². The topological polar surface area (TPSA) is 52.5 Å². The van der Waals surface area contributed by atoms with E-state index in [1.54, 1.807) is 23.9 Å². The van der Waals surface area contributed by atoms with Gasteiger partial charge in [0.25, 0.3) is 0 Å². The third kappa shape index (κ3) is 6.35. The standard InChI is InChI=1S/C13H20FNO2S/c14-12-4-2-11(3-5-12)13(17)10-15-6-9-18-8-1-7-16/h2-5,13,15-17H,1,6-10H2. The van der Waals surface area contributed by atoms with Gasteiger partial charge in [0.05, 0.1) is 6.10 Å². The summed E-state index contributed by atoms with van der Waals surface area (Å²) in [7, 11) is 0. The highest BCUT2D eigenvalue weighted by molar-refractivity contribution is 7.99. The van der Waals surface area contributed by atoms with Crippen molar-refractivity contribution in [1.29, 1.82) is 0 Å². The van der Waals surface area contributed by atoms with Crippen LogP contribution in [0.4, 0.5) is 4.39 Å². The van der Waals surface area contributed by atoms with E-state index < -0.39 is 6.10 Å². The van der Waals surface area contributed by atoms with Gasteiger partial charge in [-0.1, -0.05) is 12.1 Å². The fraction of sp³-hybridized carbons (Fsp3) is 0.538. The Morgan fingerprint density at radius 2 is 1.94 bits per heavy atom. The number of benzene rings is 1. The van der Waals surface area contributed by atoms with Gasteiger partial charge in [-0.25, -0.2) is 4.39 Å². The number of rotatable bonds is 9. The molecule has 0 saturated heterocycles. The Balaban J connectivity index is 2.10. The first-order valence-corrected chi connectivity index (χ1v) is 7.22. The second-order valence-corrected chi connectivity index (χ2v) is 5.19. The predicted octanol–water partition coefficient (Wildman–Crippen LogP) is 1.56. The summed E-state index contributed by atoms with van der Waals surface area (Å²) in [5.41, 5.74) is 0.719. The minimum atomic E-state index is -0.604. The zero-order valence-electron chi connectivity index (χ0n) is 10.3. The molecular formula is C13H20FNO2S. The van der Waals surface area contributed by atoms with Crippen molar-refractivity contribution in [2.24, 2.45) is 0 Å². The van der Waals surface area contributed by atoms with Gasteiger partial charge in [0.15, 0.2) is 0 Å². The van der Waals surface area contributed by atoms with E-state index in [2.05, 4.69) is 5.32 Å². The number of hydrogen-bond donors (Lipinski definition) is 3. The molecule has 0 bridgehead atoms. The summed E-state index contributed by atoms with van der Waals surface area (Å²) in [5.74, 6) is 1.62. The number of aliphatic hydroxyl groups excluding tert-OH is 2. The molecule has 0 spiro atoms. The molecule has 0 radical (unpaired) electrons. The van der Waals surface area contributed by atoms with Crippen LogP contribution in [0.3, 0.4) is 0 Å². The molecule has 0 fully saturated rings. The maximum absolute atomic E-state index is 12.7. The summed E-state index contributed by atoms with van der Waals surface area (Å²) in [5, 5.41) is 21.6. The van der Waals surface area contributed by atoms with Crippen LogP contribution in [-0.2, 0) is 0 Å². The Morgan fingerprint density at radius 1 is 1.22 bits per heavy atom. The Kier molecular flexibility index (Phi) is 8.00. The van der Waals surface area contributed by atoms with Gasteiger partial charge in [0, 0.05) is 25.4 Å². The molecular weight excluding hydrogens is 253 g/mol. The fourth-order valence-electron chi connectivity index (χ4n) is 1.45. The lowest BCUT2D eigenvalue weighted by molar-refractivity contribution is 0.175. The van der Waals surface area contributed by atoms with Gasteiger partial charge >= 0.3 is 0 Å². The van der Waals surface area contributed by atoms with E-state index in [9.17, 15) is 9.50 Å². The van der Waals surface area contributed by atoms with Crippen molar-refractivity contribution in [3.63, 3.8) is 0 Å². The molecule has 5 heteroatoms. The van der Waals surface area contributed by atoms with Crippen LogP contribution < -0.4 is 5.32 Å². The molecule has 0 aliphatic carbocycles. The van der Waals surface area contributed by atoms with Gasteiger partial charge in [-0.2, -0.15) is 11.8 Å². The van der Waals surface area contributed by atoms with E-state index >= 15 is 0 Å². The zero-order valence-corrected chi connectivity index (χ0v) is 11.1. The van der Waals surface area contributed by atoms with Crippen molar-refractivity contribution in [1.82, 2.24) is 5.32 Å². The summed E-state index contributed by atoms with van der Waals surface area (Å²) < 4.78 is 12.7. The molecule has 0 aliphatic rings. The molecule has 0 saturated carbocycles. The van der Waals surface area contributed by atoms with E-state index in [1.807, 2.05) is 0 Å². The molecule has 3 nitrogen and oxygen atoms in total. The molecule has 102 valence electrons. The normalized spacial score (nSPS) is 12.6. The Morgan fingerprint density at radius 3 is 2.61 bits per heavy atom. The molecule has 1 aromatic carbocycles. The molecule has 0 aliphatic heterocycles. The van der Waals surface area contributed by atoms with Crippen molar-refractivity contribution in [3.05, 3.63) is 35.6 Å². The van der Waals surface area contributed by atoms with Crippen LogP contribution in [-0.4, -0.2) is 41.4 Å². The molecule has 1 unspecified atom stereocenters. The maximum atomic E-state index is 12.7. The van der Waals surface area contributed by atoms with Crippen molar-refractivity contribution in [2.75, 3.05) is 31.2 Å². The summed E-state index contributed by atoms with van der Waals surface area (Å²) in [4.78, 5) is 0. The number of thioether (sulfide) groups is 1. The minimum absolute atomic E-state index is 0.240. The summed E-state index contributed by atoms with van der Waals surface area (Å²) >= 11 is 1.77. The highest BCUT2D eigenvalue weighted by Gasteiger charge is 2.06. The van der Waals surface area contributed by atoms with Crippen LogP contribution in [0.1, 0.15) is 18.1 Å². The average molecular weight is 273 g/mol. The maximum Gasteiger partial charge on any atom is 0.123 e. The van der Waals surface area contributed by atoms with Crippen LogP contribution in [0.5, 0.6) is 0 Å². The Labute approximate surface area is 111 Å². The molecule has 1 atom stereocenters. The van der Waals surface area contributed by atoms with Crippen molar-refractivity contribution in [2.45, 2.75) is 12.5 Å². The summed E-state index contributed by atoms with van der Waals surface area (Å²) in [6.45, 7) is 1.52. The van der Waals surface area contributed by atoms with Gasteiger partial charge in [-0.15, -0.1) is 0 Å². The molecule has 0 heterocycles. The fourth-order valence-corrected chi connectivity index (χ4v) is 2.28. The van der Waals surface area contributed by atoms with Gasteiger partial charge < -0.3 is 15.5 Å². The van der Waals surface area contributed by atoms with Crippen molar-refractivity contribution < 1.29 is 14.6 Å².